The molecule has 0 unspecified atom stereocenters. The van der Waals surface area contributed by atoms with E-state index < -0.39 is 0 Å². The summed E-state index contributed by atoms with van der Waals surface area (Å²) < 4.78 is 0. The third kappa shape index (κ3) is 2.38. The van der Waals surface area contributed by atoms with Crippen molar-refractivity contribution in [2.45, 2.75) is 65.3 Å². The van der Waals surface area contributed by atoms with Gasteiger partial charge in [-0.3, -0.25) is 0 Å². The van der Waals surface area contributed by atoms with Crippen LogP contribution in [0, 0.1) is 11.3 Å². The second-order valence-electron chi connectivity index (χ2n) is 6.19. The van der Waals surface area contributed by atoms with Gasteiger partial charge in [-0.15, -0.1) is 0 Å². The summed E-state index contributed by atoms with van der Waals surface area (Å²) in [4.78, 5) is 2.65. The highest BCUT2D eigenvalue weighted by Crippen LogP contribution is 2.54. The predicted octanol–water partition coefficient (Wildman–Crippen LogP) is 3.69. The molecule has 0 aromatic carbocycles. The number of nitrogens with zero attached hydrogens (tertiary/aromatic N) is 1. The topological polar surface area (TPSA) is 3.24 Å². The first kappa shape index (κ1) is 11.4. The molecule has 0 amide bonds. The van der Waals surface area contributed by atoms with Gasteiger partial charge in [0.1, 0.15) is 0 Å². The average Bonchev–Trinajstić information content (AvgIpc) is 2.16. The fourth-order valence-electron chi connectivity index (χ4n) is 3.70. The van der Waals surface area contributed by atoms with Crippen LogP contribution in [0.3, 0.4) is 0 Å². The van der Waals surface area contributed by atoms with Crippen LogP contribution < -0.4 is 0 Å². The van der Waals surface area contributed by atoms with Crippen LogP contribution in [0.1, 0.15) is 59.3 Å². The highest BCUT2D eigenvalue weighted by atomic mass is 15.2. The molecular formula is C14H27N. The van der Waals surface area contributed by atoms with E-state index >= 15 is 0 Å². The van der Waals surface area contributed by atoms with E-state index in [0.717, 1.165) is 17.4 Å². The molecule has 1 nitrogen and oxygen atoms in total. The maximum absolute atomic E-state index is 2.65. The minimum absolute atomic E-state index is 0.758. The Kier molecular flexibility index (Phi) is 3.39. The molecule has 2 aliphatic rings. The summed E-state index contributed by atoms with van der Waals surface area (Å²) in [6.45, 7) is 9.71. The van der Waals surface area contributed by atoms with Gasteiger partial charge in [-0.2, -0.15) is 0 Å². The van der Waals surface area contributed by atoms with Gasteiger partial charge in [0.15, 0.2) is 0 Å². The van der Waals surface area contributed by atoms with Gasteiger partial charge in [-0.1, -0.05) is 19.8 Å². The first-order chi connectivity index (χ1) is 7.15. The van der Waals surface area contributed by atoms with E-state index in [1.807, 2.05) is 0 Å². The smallest absolute Gasteiger partial charge is 0.00385 e. The second kappa shape index (κ2) is 4.45. The lowest BCUT2D eigenvalue weighted by molar-refractivity contribution is -0.0233. The van der Waals surface area contributed by atoms with Crippen molar-refractivity contribution in [1.82, 2.24) is 4.90 Å². The van der Waals surface area contributed by atoms with Gasteiger partial charge in [0, 0.05) is 6.04 Å². The third-order valence-corrected chi connectivity index (χ3v) is 4.73. The summed E-state index contributed by atoms with van der Waals surface area (Å²) in [6, 6.07) is 0.758. The van der Waals surface area contributed by atoms with Gasteiger partial charge in [-0.25, -0.2) is 0 Å². The van der Waals surface area contributed by atoms with Crippen molar-refractivity contribution >= 4 is 0 Å². The highest BCUT2D eigenvalue weighted by Gasteiger charge is 2.45. The van der Waals surface area contributed by atoms with Crippen LogP contribution in [0.25, 0.3) is 0 Å². The zero-order valence-electron chi connectivity index (χ0n) is 10.8. The molecule has 1 aliphatic carbocycles. The van der Waals surface area contributed by atoms with E-state index in [2.05, 4.69) is 25.7 Å². The Morgan fingerprint density at radius 3 is 2.27 bits per heavy atom. The zero-order valence-corrected chi connectivity index (χ0v) is 10.8. The molecule has 0 atom stereocenters. The molecule has 1 heteroatoms. The molecule has 0 bridgehead atoms. The van der Waals surface area contributed by atoms with E-state index in [9.17, 15) is 0 Å². The summed E-state index contributed by atoms with van der Waals surface area (Å²) in [5, 5.41) is 0. The van der Waals surface area contributed by atoms with Crippen molar-refractivity contribution < 1.29 is 0 Å². The quantitative estimate of drug-likeness (QED) is 0.685. The van der Waals surface area contributed by atoms with Crippen LogP contribution in [0.4, 0.5) is 0 Å². The fourth-order valence-corrected chi connectivity index (χ4v) is 3.70. The Hall–Kier alpha value is -0.0400. The molecule has 0 aromatic heterocycles. The molecule has 0 aromatic rings. The van der Waals surface area contributed by atoms with E-state index in [4.69, 9.17) is 0 Å². The summed E-state index contributed by atoms with van der Waals surface area (Å²) in [6.07, 6.45) is 8.92. The van der Waals surface area contributed by atoms with Crippen LogP contribution in [-0.4, -0.2) is 24.0 Å². The molecule has 2 rings (SSSR count). The van der Waals surface area contributed by atoms with Crippen molar-refractivity contribution in [2.75, 3.05) is 13.1 Å². The van der Waals surface area contributed by atoms with Gasteiger partial charge >= 0.3 is 0 Å². The predicted molar refractivity (Wildman–Crippen MR) is 66.0 cm³/mol. The van der Waals surface area contributed by atoms with Gasteiger partial charge in [-0.05, 0) is 64.0 Å². The van der Waals surface area contributed by atoms with Crippen molar-refractivity contribution in [3.63, 3.8) is 0 Å². The minimum Gasteiger partial charge on any atom is -0.301 e. The fraction of sp³-hybridized carbons (Fsp3) is 1.00. The molecule has 1 heterocycles. The van der Waals surface area contributed by atoms with Crippen LogP contribution in [0.5, 0.6) is 0 Å². The summed E-state index contributed by atoms with van der Waals surface area (Å²) >= 11 is 0. The molecule has 1 aliphatic heterocycles. The number of rotatable bonds is 3. The van der Waals surface area contributed by atoms with Crippen molar-refractivity contribution in [3.05, 3.63) is 0 Å². The van der Waals surface area contributed by atoms with E-state index in [0.29, 0.717) is 0 Å². The summed E-state index contributed by atoms with van der Waals surface area (Å²) in [7, 11) is 0. The normalized spacial score (nSPS) is 27.2. The second-order valence-corrected chi connectivity index (χ2v) is 6.19. The Labute approximate surface area is 95.2 Å². The average molecular weight is 209 g/mol. The molecular weight excluding hydrogens is 182 g/mol. The lowest BCUT2D eigenvalue weighted by atomic mass is 9.56. The van der Waals surface area contributed by atoms with E-state index in [-0.39, 0.29) is 0 Å². The Balaban J connectivity index is 1.75. The zero-order chi connectivity index (χ0) is 10.9. The van der Waals surface area contributed by atoms with E-state index in [1.54, 1.807) is 12.8 Å². The number of likely N-dealkylation sites (tertiary alicyclic amines) is 1. The Morgan fingerprint density at radius 1 is 1.20 bits per heavy atom. The summed E-state index contributed by atoms with van der Waals surface area (Å²) in [5.74, 6) is 1.08. The van der Waals surface area contributed by atoms with Crippen molar-refractivity contribution in [3.8, 4) is 0 Å². The maximum Gasteiger partial charge on any atom is 0.00385 e. The lowest BCUT2D eigenvalue weighted by Crippen LogP contribution is -2.48. The molecule has 0 N–H and O–H groups in total. The number of piperidine rings is 1. The molecule has 15 heavy (non-hydrogen) atoms. The van der Waals surface area contributed by atoms with Crippen molar-refractivity contribution in [1.29, 1.82) is 0 Å². The lowest BCUT2D eigenvalue weighted by Gasteiger charge is -2.53. The standard InChI is InChI=1S/C14H27N/c1-4-5-13-10-14(11-13)6-8-15(9-7-14)12(2)3/h12-13H,4-11H2,1-3H3. The first-order valence-corrected chi connectivity index (χ1v) is 6.89. The minimum atomic E-state index is 0.758. The SMILES string of the molecule is CCCC1CC2(CCN(C(C)C)CC2)C1. The van der Waals surface area contributed by atoms with Crippen LogP contribution in [-0.2, 0) is 0 Å². The molecule has 1 spiro atoms. The maximum atomic E-state index is 2.65. The highest BCUT2D eigenvalue weighted by molar-refractivity contribution is 4.97. The van der Waals surface area contributed by atoms with Crippen LogP contribution >= 0.6 is 0 Å². The van der Waals surface area contributed by atoms with Gasteiger partial charge < -0.3 is 4.90 Å². The molecule has 2 fully saturated rings. The molecule has 88 valence electrons. The Bertz CT molecular complexity index is 193. The monoisotopic (exact) mass is 209 g/mol. The van der Waals surface area contributed by atoms with Crippen LogP contribution in [0.2, 0.25) is 0 Å². The summed E-state index contributed by atoms with van der Waals surface area (Å²) in [5.41, 5.74) is 0.797. The first-order valence-electron chi connectivity index (χ1n) is 6.89. The van der Waals surface area contributed by atoms with Gasteiger partial charge in [0.25, 0.3) is 0 Å². The van der Waals surface area contributed by atoms with Gasteiger partial charge in [0.2, 0.25) is 0 Å². The Morgan fingerprint density at radius 2 is 1.80 bits per heavy atom. The van der Waals surface area contributed by atoms with Crippen LogP contribution in [0.15, 0.2) is 0 Å². The molecule has 1 saturated heterocycles. The van der Waals surface area contributed by atoms with E-state index in [1.165, 1.54) is 38.8 Å². The largest absolute Gasteiger partial charge is 0.301 e. The molecule has 1 saturated carbocycles. The third-order valence-electron chi connectivity index (χ3n) is 4.73. The number of hydrogen-bond donors (Lipinski definition) is 0. The van der Waals surface area contributed by atoms with Gasteiger partial charge in [0.05, 0.1) is 0 Å². The number of hydrogen-bond acceptors (Lipinski definition) is 1. The van der Waals surface area contributed by atoms with Crippen molar-refractivity contribution in [2.24, 2.45) is 11.3 Å². The molecule has 0 radical (unpaired) electrons.